The lowest BCUT2D eigenvalue weighted by Gasteiger charge is -2.12. The lowest BCUT2D eigenvalue weighted by Crippen LogP contribution is -2.29. The average Bonchev–Trinajstić information content (AvgIpc) is 3.12. The fourth-order valence-corrected chi connectivity index (χ4v) is 2.99. The zero-order chi connectivity index (χ0) is 16.4. The minimum absolute atomic E-state index is 0.0234. The van der Waals surface area contributed by atoms with Crippen molar-refractivity contribution in [3.8, 4) is 0 Å². The average molecular weight is 331 g/mol. The van der Waals surface area contributed by atoms with Crippen molar-refractivity contribution in [2.75, 3.05) is 6.61 Å². The Bertz CT molecular complexity index is 747. The minimum Gasteiger partial charge on any atom is -0.462 e. The summed E-state index contributed by atoms with van der Waals surface area (Å²) in [6.07, 6.45) is 0. The van der Waals surface area contributed by atoms with Gasteiger partial charge in [0.1, 0.15) is 11.5 Å². The molecular weight excluding hydrogens is 318 g/mol. The molecule has 0 radical (unpaired) electrons. The Morgan fingerprint density at radius 3 is 2.35 bits per heavy atom. The molecule has 0 saturated carbocycles. The van der Waals surface area contributed by atoms with Gasteiger partial charge in [0.2, 0.25) is 0 Å². The Hall–Kier alpha value is -2.51. The predicted molar refractivity (Wildman–Crippen MR) is 82.0 cm³/mol. The highest BCUT2D eigenvalue weighted by atomic mass is 32.1. The van der Waals surface area contributed by atoms with Crippen LogP contribution in [0.1, 0.15) is 42.2 Å². The first-order valence-electron chi connectivity index (χ1n) is 6.98. The first kappa shape index (κ1) is 15.4. The molecule has 0 fully saturated rings. The highest BCUT2D eigenvalue weighted by molar-refractivity contribution is 7.13. The van der Waals surface area contributed by atoms with Gasteiger partial charge in [0, 0.05) is 4.88 Å². The van der Waals surface area contributed by atoms with E-state index in [0.29, 0.717) is 27.5 Å². The van der Waals surface area contributed by atoms with E-state index in [2.05, 4.69) is 0 Å². The van der Waals surface area contributed by atoms with Gasteiger partial charge in [0.05, 0.1) is 17.7 Å². The summed E-state index contributed by atoms with van der Waals surface area (Å²) in [5.74, 6) is -1.36. The lowest BCUT2D eigenvalue weighted by molar-refractivity contribution is -0.0998. The Morgan fingerprint density at radius 1 is 1.09 bits per heavy atom. The Morgan fingerprint density at radius 2 is 1.74 bits per heavy atom. The van der Waals surface area contributed by atoms with E-state index in [1.54, 1.807) is 43.3 Å². The van der Waals surface area contributed by atoms with E-state index in [1.807, 2.05) is 0 Å². The maximum absolute atomic E-state index is 12.1. The van der Waals surface area contributed by atoms with E-state index < -0.39 is 17.8 Å². The normalized spacial score (nSPS) is 13.3. The minimum atomic E-state index is -0.479. The van der Waals surface area contributed by atoms with Gasteiger partial charge in [-0.1, -0.05) is 12.1 Å². The van der Waals surface area contributed by atoms with E-state index in [0.717, 1.165) is 5.06 Å². The molecule has 0 N–H and O–H groups in total. The molecule has 118 valence electrons. The number of ether oxygens (including phenoxy) is 1. The van der Waals surface area contributed by atoms with Crippen LogP contribution in [-0.2, 0) is 16.2 Å². The SMILES string of the molecule is CCOC(=O)c1ccc(CON2C(=O)c3ccccc3C2=O)s1. The van der Waals surface area contributed by atoms with Crippen molar-refractivity contribution in [3.05, 3.63) is 57.3 Å². The highest BCUT2D eigenvalue weighted by Gasteiger charge is 2.36. The molecule has 6 nitrogen and oxygen atoms in total. The number of carbonyl (C=O) groups is 3. The Kier molecular flexibility index (Phi) is 4.22. The fraction of sp³-hybridized carbons (Fsp3) is 0.188. The molecule has 0 spiro atoms. The molecule has 2 aromatic rings. The van der Waals surface area contributed by atoms with Crippen LogP contribution in [0.2, 0.25) is 0 Å². The van der Waals surface area contributed by atoms with Crippen LogP contribution >= 0.6 is 11.3 Å². The molecule has 0 aliphatic carbocycles. The third-order valence-corrected chi connectivity index (χ3v) is 4.27. The summed E-state index contributed by atoms with van der Waals surface area (Å²) in [7, 11) is 0. The van der Waals surface area contributed by atoms with Crippen LogP contribution in [0.3, 0.4) is 0 Å². The number of hydrogen-bond acceptors (Lipinski definition) is 6. The second-order valence-corrected chi connectivity index (χ2v) is 5.88. The summed E-state index contributed by atoms with van der Waals surface area (Å²) in [4.78, 5) is 42.4. The molecule has 0 unspecified atom stereocenters. The van der Waals surface area contributed by atoms with Gasteiger partial charge in [-0.15, -0.1) is 16.4 Å². The summed E-state index contributed by atoms with van der Waals surface area (Å²) >= 11 is 1.20. The highest BCUT2D eigenvalue weighted by Crippen LogP contribution is 2.24. The van der Waals surface area contributed by atoms with Crippen molar-refractivity contribution >= 4 is 29.1 Å². The van der Waals surface area contributed by atoms with Gasteiger partial charge in [-0.2, -0.15) is 0 Å². The Labute approximate surface area is 136 Å². The lowest BCUT2D eigenvalue weighted by atomic mass is 10.1. The third kappa shape index (κ3) is 2.88. The second kappa shape index (κ2) is 6.31. The van der Waals surface area contributed by atoms with Crippen LogP contribution in [0.5, 0.6) is 0 Å². The molecule has 3 rings (SSSR count). The molecule has 23 heavy (non-hydrogen) atoms. The Balaban J connectivity index is 1.67. The van der Waals surface area contributed by atoms with Gasteiger partial charge in [-0.3, -0.25) is 14.4 Å². The van der Waals surface area contributed by atoms with Crippen LogP contribution in [0.4, 0.5) is 0 Å². The number of hydrogen-bond donors (Lipinski definition) is 0. The summed E-state index contributed by atoms with van der Waals surface area (Å²) < 4.78 is 4.91. The molecule has 2 heterocycles. The number of rotatable bonds is 5. The first-order valence-corrected chi connectivity index (χ1v) is 7.80. The van der Waals surface area contributed by atoms with Gasteiger partial charge in [-0.25, -0.2) is 4.79 Å². The van der Waals surface area contributed by atoms with Crippen molar-refractivity contribution in [1.29, 1.82) is 0 Å². The quantitative estimate of drug-likeness (QED) is 0.622. The monoisotopic (exact) mass is 331 g/mol. The van der Waals surface area contributed by atoms with Crippen molar-refractivity contribution in [3.63, 3.8) is 0 Å². The van der Waals surface area contributed by atoms with Crippen molar-refractivity contribution < 1.29 is 24.0 Å². The number of nitrogens with zero attached hydrogens (tertiary/aromatic N) is 1. The van der Waals surface area contributed by atoms with E-state index >= 15 is 0 Å². The molecule has 1 aromatic carbocycles. The fourth-order valence-electron chi connectivity index (χ4n) is 2.18. The standard InChI is InChI=1S/C16H13NO5S/c1-2-21-16(20)13-8-7-10(23-13)9-22-17-14(18)11-5-3-4-6-12(11)15(17)19/h3-8H,2,9H2,1H3. The maximum Gasteiger partial charge on any atom is 0.348 e. The van der Waals surface area contributed by atoms with E-state index in [9.17, 15) is 14.4 Å². The van der Waals surface area contributed by atoms with E-state index in [4.69, 9.17) is 9.57 Å². The molecular formula is C16H13NO5S. The number of thiophene rings is 1. The van der Waals surface area contributed by atoms with Crippen LogP contribution < -0.4 is 0 Å². The van der Waals surface area contributed by atoms with Gasteiger partial charge in [0.15, 0.2) is 0 Å². The zero-order valence-corrected chi connectivity index (χ0v) is 13.1. The van der Waals surface area contributed by atoms with Crippen LogP contribution in [-0.4, -0.2) is 29.5 Å². The second-order valence-electron chi connectivity index (χ2n) is 4.71. The number of benzene rings is 1. The molecule has 1 aliphatic heterocycles. The van der Waals surface area contributed by atoms with Crippen LogP contribution in [0.25, 0.3) is 0 Å². The predicted octanol–water partition coefficient (Wildman–Crippen LogP) is 2.65. The summed E-state index contributed by atoms with van der Waals surface area (Å²) in [5.41, 5.74) is 0.659. The first-order chi connectivity index (χ1) is 11.1. The number of hydroxylamine groups is 2. The largest absolute Gasteiger partial charge is 0.462 e. The molecule has 0 saturated heterocycles. The molecule has 0 bridgehead atoms. The number of amides is 2. The summed E-state index contributed by atoms with van der Waals surface area (Å²) in [6.45, 7) is 2.06. The van der Waals surface area contributed by atoms with Gasteiger partial charge in [0.25, 0.3) is 11.8 Å². The number of carbonyl (C=O) groups excluding carboxylic acids is 3. The van der Waals surface area contributed by atoms with Crippen molar-refractivity contribution in [2.24, 2.45) is 0 Å². The van der Waals surface area contributed by atoms with Gasteiger partial charge in [-0.05, 0) is 31.2 Å². The van der Waals surface area contributed by atoms with E-state index in [-0.39, 0.29) is 6.61 Å². The molecule has 1 aliphatic rings. The van der Waals surface area contributed by atoms with E-state index in [1.165, 1.54) is 11.3 Å². The van der Waals surface area contributed by atoms with Gasteiger partial charge >= 0.3 is 5.97 Å². The molecule has 2 amide bonds. The van der Waals surface area contributed by atoms with Crippen molar-refractivity contribution in [1.82, 2.24) is 5.06 Å². The number of esters is 1. The third-order valence-electron chi connectivity index (χ3n) is 3.23. The number of fused-ring (bicyclic) bond motifs is 1. The topological polar surface area (TPSA) is 72.9 Å². The zero-order valence-electron chi connectivity index (χ0n) is 12.3. The number of imide groups is 1. The smallest absolute Gasteiger partial charge is 0.348 e. The van der Waals surface area contributed by atoms with Crippen LogP contribution in [0, 0.1) is 0 Å². The van der Waals surface area contributed by atoms with Crippen LogP contribution in [0.15, 0.2) is 36.4 Å². The van der Waals surface area contributed by atoms with Gasteiger partial charge < -0.3 is 4.74 Å². The summed E-state index contributed by atoms with van der Waals surface area (Å²) in [6, 6.07) is 9.89. The van der Waals surface area contributed by atoms with Crippen molar-refractivity contribution in [2.45, 2.75) is 13.5 Å². The molecule has 0 atom stereocenters. The molecule has 7 heteroatoms. The molecule has 1 aromatic heterocycles. The summed E-state index contributed by atoms with van der Waals surface area (Å²) in [5, 5.41) is 0.758. The maximum atomic E-state index is 12.1.